The fourth-order valence-corrected chi connectivity index (χ4v) is 0.850. The fourth-order valence-electron chi connectivity index (χ4n) is 0.850. The first-order chi connectivity index (χ1) is 5.70. The van der Waals surface area contributed by atoms with Crippen molar-refractivity contribution in [2.24, 2.45) is 0 Å². The molecule has 3 nitrogen and oxygen atoms in total. The molecule has 0 saturated heterocycles. The van der Waals surface area contributed by atoms with Crippen LogP contribution in [0.2, 0.25) is 0 Å². The Labute approximate surface area is 71.1 Å². The zero-order valence-electron chi connectivity index (χ0n) is 6.90. The molecule has 0 spiro atoms. The van der Waals surface area contributed by atoms with Gasteiger partial charge in [0, 0.05) is 18.8 Å². The van der Waals surface area contributed by atoms with Crippen molar-refractivity contribution in [3.63, 3.8) is 0 Å². The predicted molar refractivity (Wildman–Crippen MR) is 44.6 cm³/mol. The SMILES string of the molecule is CC(O)C(=O)Cc1ccncc1. The average Bonchev–Trinajstić information content (AvgIpc) is 2.06. The van der Waals surface area contributed by atoms with Gasteiger partial charge in [-0.2, -0.15) is 0 Å². The second kappa shape index (κ2) is 3.97. The molecule has 0 aliphatic heterocycles. The normalized spacial score (nSPS) is 12.5. The number of pyridine rings is 1. The van der Waals surface area contributed by atoms with Gasteiger partial charge in [-0.1, -0.05) is 0 Å². The van der Waals surface area contributed by atoms with Gasteiger partial charge in [0.25, 0.3) is 0 Å². The Hall–Kier alpha value is -1.22. The number of carbonyl (C=O) groups is 1. The number of hydrogen-bond donors (Lipinski definition) is 1. The van der Waals surface area contributed by atoms with Gasteiger partial charge in [0.2, 0.25) is 0 Å². The van der Waals surface area contributed by atoms with Gasteiger partial charge < -0.3 is 5.11 Å². The Morgan fingerprint density at radius 3 is 2.67 bits per heavy atom. The number of ketones is 1. The van der Waals surface area contributed by atoms with Crippen molar-refractivity contribution in [3.05, 3.63) is 30.1 Å². The van der Waals surface area contributed by atoms with Gasteiger partial charge in [0.05, 0.1) is 0 Å². The van der Waals surface area contributed by atoms with Crippen LogP contribution in [0.3, 0.4) is 0 Å². The van der Waals surface area contributed by atoms with Crippen molar-refractivity contribution in [2.75, 3.05) is 0 Å². The van der Waals surface area contributed by atoms with Crippen LogP contribution in [-0.2, 0) is 11.2 Å². The molecule has 0 amide bonds. The first-order valence-electron chi connectivity index (χ1n) is 3.80. The van der Waals surface area contributed by atoms with E-state index in [-0.39, 0.29) is 12.2 Å². The quantitative estimate of drug-likeness (QED) is 0.712. The number of Topliss-reactive ketones (excluding diaryl/α,β-unsaturated/α-hetero) is 1. The van der Waals surface area contributed by atoms with Gasteiger partial charge in [0.1, 0.15) is 6.10 Å². The first-order valence-corrected chi connectivity index (χ1v) is 3.80. The minimum Gasteiger partial charge on any atom is -0.386 e. The molecule has 0 fully saturated rings. The van der Waals surface area contributed by atoms with Gasteiger partial charge >= 0.3 is 0 Å². The zero-order valence-corrected chi connectivity index (χ0v) is 6.90. The maximum absolute atomic E-state index is 11.0. The summed E-state index contributed by atoms with van der Waals surface area (Å²) in [6.45, 7) is 1.48. The lowest BCUT2D eigenvalue weighted by molar-refractivity contribution is -0.125. The molecular formula is C9H11NO2. The molecule has 1 N–H and O–H groups in total. The van der Waals surface area contributed by atoms with Crippen molar-refractivity contribution < 1.29 is 9.90 Å². The first kappa shape index (κ1) is 8.87. The average molecular weight is 165 g/mol. The minimum atomic E-state index is -0.877. The summed E-state index contributed by atoms with van der Waals surface area (Å²) >= 11 is 0. The summed E-state index contributed by atoms with van der Waals surface area (Å²) in [6, 6.07) is 3.53. The third kappa shape index (κ3) is 2.43. The molecule has 0 aliphatic carbocycles. The topological polar surface area (TPSA) is 50.2 Å². The Morgan fingerprint density at radius 2 is 2.17 bits per heavy atom. The number of aromatic nitrogens is 1. The Morgan fingerprint density at radius 1 is 1.58 bits per heavy atom. The lowest BCUT2D eigenvalue weighted by atomic mass is 10.1. The van der Waals surface area contributed by atoms with E-state index in [0.29, 0.717) is 0 Å². The van der Waals surface area contributed by atoms with E-state index in [1.54, 1.807) is 24.5 Å². The molecule has 0 saturated carbocycles. The van der Waals surface area contributed by atoms with Crippen molar-refractivity contribution in [1.82, 2.24) is 4.98 Å². The smallest absolute Gasteiger partial charge is 0.165 e. The summed E-state index contributed by atoms with van der Waals surface area (Å²) in [7, 11) is 0. The molecule has 0 aromatic carbocycles. The van der Waals surface area contributed by atoms with Crippen molar-refractivity contribution >= 4 is 5.78 Å². The van der Waals surface area contributed by atoms with Crippen LogP contribution in [0, 0.1) is 0 Å². The van der Waals surface area contributed by atoms with Crippen molar-refractivity contribution in [3.8, 4) is 0 Å². The molecule has 1 atom stereocenters. The van der Waals surface area contributed by atoms with E-state index in [0.717, 1.165) is 5.56 Å². The second-order valence-corrected chi connectivity index (χ2v) is 2.67. The molecule has 1 heterocycles. The van der Waals surface area contributed by atoms with Crippen LogP contribution in [0.25, 0.3) is 0 Å². The summed E-state index contributed by atoms with van der Waals surface area (Å²) in [5.74, 6) is -0.166. The van der Waals surface area contributed by atoms with E-state index >= 15 is 0 Å². The van der Waals surface area contributed by atoms with Crippen LogP contribution in [0.1, 0.15) is 12.5 Å². The highest BCUT2D eigenvalue weighted by atomic mass is 16.3. The van der Waals surface area contributed by atoms with Crippen LogP contribution >= 0.6 is 0 Å². The molecule has 0 aliphatic rings. The summed E-state index contributed by atoms with van der Waals surface area (Å²) in [4.78, 5) is 14.9. The molecule has 1 aromatic heterocycles. The van der Waals surface area contributed by atoms with Crippen LogP contribution in [-0.4, -0.2) is 22.0 Å². The van der Waals surface area contributed by atoms with E-state index in [9.17, 15) is 4.79 Å². The number of hydrogen-bond acceptors (Lipinski definition) is 3. The molecule has 64 valence electrons. The fraction of sp³-hybridized carbons (Fsp3) is 0.333. The highest BCUT2D eigenvalue weighted by Crippen LogP contribution is 1.99. The standard InChI is InChI=1S/C9H11NO2/c1-7(11)9(12)6-8-2-4-10-5-3-8/h2-5,7,11H,6H2,1H3. The number of nitrogens with zero attached hydrogens (tertiary/aromatic N) is 1. The summed E-state index contributed by atoms with van der Waals surface area (Å²) < 4.78 is 0. The molecular weight excluding hydrogens is 154 g/mol. The highest BCUT2D eigenvalue weighted by Gasteiger charge is 2.08. The van der Waals surface area contributed by atoms with E-state index in [1.807, 2.05) is 0 Å². The summed E-state index contributed by atoms with van der Waals surface area (Å²) in [5.41, 5.74) is 0.885. The zero-order chi connectivity index (χ0) is 8.97. The van der Waals surface area contributed by atoms with Crippen LogP contribution in [0.4, 0.5) is 0 Å². The Kier molecular flexibility index (Phi) is 2.94. The van der Waals surface area contributed by atoms with Gasteiger partial charge in [-0.15, -0.1) is 0 Å². The van der Waals surface area contributed by atoms with E-state index in [4.69, 9.17) is 5.11 Å². The third-order valence-electron chi connectivity index (χ3n) is 1.59. The predicted octanol–water partition coefficient (Wildman–Crippen LogP) is 0.574. The van der Waals surface area contributed by atoms with E-state index in [1.165, 1.54) is 6.92 Å². The molecule has 1 unspecified atom stereocenters. The van der Waals surface area contributed by atoms with Gasteiger partial charge in [-0.25, -0.2) is 0 Å². The van der Waals surface area contributed by atoms with Crippen LogP contribution in [0.5, 0.6) is 0 Å². The molecule has 0 bridgehead atoms. The van der Waals surface area contributed by atoms with Crippen LogP contribution < -0.4 is 0 Å². The Bertz CT molecular complexity index is 256. The van der Waals surface area contributed by atoms with Gasteiger partial charge in [-0.3, -0.25) is 9.78 Å². The molecule has 3 heteroatoms. The number of rotatable bonds is 3. The Balaban J connectivity index is 2.59. The van der Waals surface area contributed by atoms with Crippen molar-refractivity contribution in [1.29, 1.82) is 0 Å². The third-order valence-corrected chi connectivity index (χ3v) is 1.59. The molecule has 0 radical (unpaired) electrons. The van der Waals surface area contributed by atoms with Gasteiger partial charge in [0.15, 0.2) is 5.78 Å². The van der Waals surface area contributed by atoms with Gasteiger partial charge in [-0.05, 0) is 24.6 Å². The minimum absolute atomic E-state index is 0.166. The largest absolute Gasteiger partial charge is 0.386 e. The van der Waals surface area contributed by atoms with E-state index in [2.05, 4.69) is 4.98 Å². The molecule has 1 aromatic rings. The lowest BCUT2D eigenvalue weighted by Crippen LogP contribution is -2.18. The number of aliphatic hydroxyl groups excluding tert-OH is 1. The summed E-state index contributed by atoms with van der Waals surface area (Å²) in [5, 5.41) is 8.92. The van der Waals surface area contributed by atoms with Crippen LogP contribution in [0.15, 0.2) is 24.5 Å². The maximum atomic E-state index is 11.0. The second-order valence-electron chi connectivity index (χ2n) is 2.67. The molecule has 1 rings (SSSR count). The monoisotopic (exact) mass is 165 g/mol. The lowest BCUT2D eigenvalue weighted by Gasteiger charge is -2.02. The highest BCUT2D eigenvalue weighted by molar-refractivity contribution is 5.84. The molecule has 12 heavy (non-hydrogen) atoms. The van der Waals surface area contributed by atoms with E-state index < -0.39 is 6.10 Å². The number of aliphatic hydroxyl groups is 1. The van der Waals surface area contributed by atoms with Crippen molar-refractivity contribution in [2.45, 2.75) is 19.4 Å². The summed E-state index contributed by atoms with van der Waals surface area (Å²) in [6.07, 6.45) is 2.66. The number of carbonyl (C=O) groups excluding carboxylic acids is 1. The maximum Gasteiger partial charge on any atom is 0.165 e.